The van der Waals surface area contributed by atoms with Crippen LogP contribution in [0.3, 0.4) is 0 Å². The van der Waals surface area contributed by atoms with E-state index in [2.05, 4.69) is 16.0 Å². The summed E-state index contributed by atoms with van der Waals surface area (Å²) in [5.74, 6) is -0.422. The lowest BCUT2D eigenvalue weighted by Gasteiger charge is -2.39. The number of benzene rings is 1. The quantitative estimate of drug-likeness (QED) is 0.603. The van der Waals surface area contributed by atoms with Crippen molar-refractivity contribution in [3.05, 3.63) is 54.4 Å². The fraction of sp³-hybridized carbons (Fsp3) is 0.480. The number of nitrogens with zero attached hydrogens (tertiary/aromatic N) is 2. The third kappa shape index (κ3) is 5.25. The molecule has 3 heterocycles. The second-order valence-corrected chi connectivity index (χ2v) is 8.83. The van der Waals surface area contributed by atoms with Gasteiger partial charge in [0.25, 0.3) is 5.91 Å². The molecule has 4 rings (SSSR count). The molecule has 2 aromatic rings. The first-order chi connectivity index (χ1) is 16.5. The molecule has 0 radical (unpaired) electrons. The van der Waals surface area contributed by atoms with Gasteiger partial charge in [-0.1, -0.05) is 12.1 Å². The first kappa shape index (κ1) is 23.8. The number of nitrogens with one attached hydrogen (secondary N) is 3. The van der Waals surface area contributed by atoms with Gasteiger partial charge >= 0.3 is 6.09 Å². The fourth-order valence-corrected chi connectivity index (χ4v) is 4.68. The molecule has 9 heteroatoms. The van der Waals surface area contributed by atoms with Gasteiger partial charge in [0.05, 0.1) is 17.9 Å². The zero-order valence-corrected chi connectivity index (χ0v) is 19.6. The number of hydrogen-bond acceptors (Lipinski definition) is 5. The molecule has 2 fully saturated rings. The lowest BCUT2D eigenvalue weighted by atomic mass is 9.86. The normalized spacial score (nSPS) is 18.2. The van der Waals surface area contributed by atoms with Gasteiger partial charge in [0.1, 0.15) is 5.54 Å². The van der Waals surface area contributed by atoms with Gasteiger partial charge in [-0.3, -0.25) is 9.59 Å². The third-order valence-corrected chi connectivity index (χ3v) is 6.63. The van der Waals surface area contributed by atoms with Crippen molar-refractivity contribution in [2.75, 3.05) is 32.8 Å². The molecule has 0 spiro atoms. The zero-order chi connectivity index (χ0) is 24.0. The summed E-state index contributed by atoms with van der Waals surface area (Å²) in [5.41, 5.74) is 0.303. The van der Waals surface area contributed by atoms with E-state index in [4.69, 9.17) is 4.74 Å². The number of likely N-dealkylation sites (tertiary alicyclic amines) is 1. The smallest absolute Gasteiger partial charge is 0.409 e. The number of rotatable bonds is 6. The molecule has 2 aliphatic rings. The first-order valence-corrected chi connectivity index (χ1v) is 12.0. The molecule has 0 aliphatic carbocycles. The minimum Gasteiger partial charge on any atom is -0.450 e. The minimum atomic E-state index is -0.982. The Morgan fingerprint density at radius 2 is 1.74 bits per heavy atom. The molecule has 0 saturated carbocycles. The van der Waals surface area contributed by atoms with E-state index < -0.39 is 5.54 Å². The average Bonchev–Trinajstić information content (AvgIpc) is 3.40. The monoisotopic (exact) mass is 467 g/mol. The van der Waals surface area contributed by atoms with E-state index in [1.165, 1.54) is 0 Å². The standard InChI is InChI=1S/C25H33N5O4/c1-2-34-24(33)30-17-9-19(10-18-30)27-23(32)25(11-13-26-14-12-25)28-22(31)20-7-3-4-8-21(20)29-15-5-6-16-29/h3-8,15-16,19,26H,2,9-14,17-18H2,1H3,(H,27,32)(H,28,31). The Bertz CT molecular complexity index is 992. The van der Waals surface area contributed by atoms with Gasteiger partial charge in [-0.2, -0.15) is 0 Å². The van der Waals surface area contributed by atoms with E-state index in [1.807, 2.05) is 47.3 Å². The van der Waals surface area contributed by atoms with Crippen LogP contribution in [-0.4, -0.2) is 71.7 Å². The Hall–Kier alpha value is -3.33. The van der Waals surface area contributed by atoms with Crippen molar-refractivity contribution in [2.24, 2.45) is 0 Å². The summed E-state index contributed by atoms with van der Waals surface area (Å²) < 4.78 is 6.96. The number of carbonyl (C=O) groups excluding carboxylic acids is 3. The van der Waals surface area contributed by atoms with Gasteiger partial charge < -0.3 is 30.2 Å². The molecule has 2 aliphatic heterocycles. The van der Waals surface area contributed by atoms with E-state index in [0.717, 1.165) is 5.69 Å². The fourth-order valence-electron chi connectivity index (χ4n) is 4.68. The highest BCUT2D eigenvalue weighted by Gasteiger charge is 2.42. The molecule has 0 unspecified atom stereocenters. The van der Waals surface area contributed by atoms with Crippen LogP contribution in [0, 0.1) is 0 Å². The molecule has 9 nitrogen and oxygen atoms in total. The number of para-hydroxylation sites is 1. The van der Waals surface area contributed by atoms with Crippen LogP contribution >= 0.6 is 0 Å². The van der Waals surface area contributed by atoms with Gasteiger partial charge in [0.15, 0.2) is 0 Å². The van der Waals surface area contributed by atoms with Crippen LogP contribution in [0.5, 0.6) is 0 Å². The van der Waals surface area contributed by atoms with Crippen LogP contribution in [0.2, 0.25) is 0 Å². The summed E-state index contributed by atoms with van der Waals surface area (Å²) >= 11 is 0. The van der Waals surface area contributed by atoms with Gasteiger partial charge in [-0.25, -0.2) is 4.79 Å². The van der Waals surface area contributed by atoms with Crippen LogP contribution in [0.15, 0.2) is 48.8 Å². The second-order valence-electron chi connectivity index (χ2n) is 8.83. The highest BCUT2D eigenvalue weighted by atomic mass is 16.6. The van der Waals surface area contributed by atoms with Gasteiger partial charge in [-0.15, -0.1) is 0 Å². The molecule has 3 N–H and O–H groups in total. The Kier molecular flexibility index (Phi) is 7.52. The first-order valence-electron chi connectivity index (χ1n) is 12.0. The van der Waals surface area contributed by atoms with E-state index in [-0.39, 0.29) is 23.9 Å². The van der Waals surface area contributed by atoms with Crippen molar-refractivity contribution in [2.45, 2.75) is 44.2 Å². The van der Waals surface area contributed by atoms with Crippen LogP contribution in [0.1, 0.15) is 43.0 Å². The summed E-state index contributed by atoms with van der Waals surface area (Å²) in [6.07, 6.45) is 5.81. The molecule has 0 atom stereocenters. The predicted octanol–water partition coefficient (Wildman–Crippen LogP) is 2.07. The highest BCUT2D eigenvalue weighted by molar-refractivity contribution is 6.01. The number of ether oxygens (including phenoxy) is 1. The second kappa shape index (κ2) is 10.7. The summed E-state index contributed by atoms with van der Waals surface area (Å²) in [6, 6.07) is 11.2. The number of piperidine rings is 2. The van der Waals surface area contributed by atoms with Crippen molar-refractivity contribution in [3.63, 3.8) is 0 Å². The van der Waals surface area contributed by atoms with Crippen LogP contribution in [0.4, 0.5) is 4.79 Å². The molecule has 1 aromatic carbocycles. The topological polar surface area (TPSA) is 105 Å². The van der Waals surface area contributed by atoms with Crippen molar-refractivity contribution in [1.82, 2.24) is 25.4 Å². The third-order valence-electron chi connectivity index (χ3n) is 6.63. The molecule has 2 saturated heterocycles. The Morgan fingerprint density at radius 3 is 2.41 bits per heavy atom. The van der Waals surface area contributed by atoms with Crippen molar-refractivity contribution in [1.29, 1.82) is 0 Å². The van der Waals surface area contributed by atoms with Gasteiger partial charge in [0.2, 0.25) is 5.91 Å². The minimum absolute atomic E-state index is 0.0472. The highest BCUT2D eigenvalue weighted by Crippen LogP contribution is 2.23. The van der Waals surface area contributed by atoms with Gasteiger partial charge in [0, 0.05) is 31.5 Å². The molecule has 3 amide bonds. The molecule has 1 aromatic heterocycles. The Balaban J connectivity index is 1.45. The molecular weight excluding hydrogens is 434 g/mol. The van der Waals surface area contributed by atoms with E-state index in [9.17, 15) is 14.4 Å². The molecule has 182 valence electrons. The van der Waals surface area contributed by atoms with E-state index >= 15 is 0 Å². The maximum Gasteiger partial charge on any atom is 0.409 e. The SMILES string of the molecule is CCOC(=O)N1CCC(NC(=O)C2(NC(=O)c3ccccc3-n3cccc3)CCNCC2)CC1. The number of hydrogen-bond donors (Lipinski definition) is 3. The maximum absolute atomic E-state index is 13.5. The van der Waals surface area contributed by atoms with Crippen molar-refractivity contribution < 1.29 is 19.1 Å². The Labute approximate surface area is 199 Å². The van der Waals surface area contributed by atoms with Crippen molar-refractivity contribution >= 4 is 17.9 Å². The van der Waals surface area contributed by atoms with E-state index in [0.29, 0.717) is 64.0 Å². The van der Waals surface area contributed by atoms with E-state index in [1.54, 1.807) is 17.9 Å². The lowest BCUT2D eigenvalue weighted by Crippen LogP contribution is -2.64. The number of aromatic nitrogens is 1. The lowest BCUT2D eigenvalue weighted by molar-refractivity contribution is -0.129. The predicted molar refractivity (Wildman–Crippen MR) is 128 cm³/mol. The van der Waals surface area contributed by atoms with Crippen molar-refractivity contribution in [3.8, 4) is 5.69 Å². The Morgan fingerprint density at radius 1 is 1.06 bits per heavy atom. The summed E-state index contributed by atoms with van der Waals surface area (Å²) in [6.45, 7) is 4.50. The largest absolute Gasteiger partial charge is 0.450 e. The molecule has 34 heavy (non-hydrogen) atoms. The van der Waals surface area contributed by atoms with Crippen LogP contribution in [-0.2, 0) is 9.53 Å². The number of amides is 3. The summed E-state index contributed by atoms with van der Waals surface area (Å²) in [4.78, 5) is 40.6. The average molecular weight is 468 g/mol. The zero-order valence-electron chi connectivity index (χ0n) is 19.6. The van der Waals surface area contributed by atoms with Crippen LogP contribution < -0.4 is 16.0 Å². The molecule has 0 bridgehead atoms. The maximum atomic E-state index is 13.5. The molecular formula is C25H33N5O4. The summed E-state index contributed by atoms with van der Waals surface area (Å²) in [7, 11) is 0. The summed E-state index contributed by atoms with van der Waals surface area (Å²) in [5, 5.41) is 9.53. The number of carbonyl (C=O) groups is 3. The van der Waals surface area contributed by atoms with Crippen LogP contribution in [0.25, 0.3) is 5.69 Å². The van der Waals surface area contributed by atoms with Gasteiger partial charge in [-0.05, 0) is 70.0 Å².